The fraction of sp³-hybridized carbons (Fsp3) is 0.400. The molecule has 4 nitrogen and oxygen atoms in total. The summed E-state index contributed by atoms with van der Waals surface area (Å²) in [6.07, 6.45) is 0. The second kappa shape index (κ2) is 6.32. The van der Waals surface area contributed by atoms with Crippen LogP contribution in [0.3, 0.4) is 0 Å². The molecule has 0 unspecified atom stereocenters. The van der Waals surface area contributed by atoms with Gasteiger partial charge < -0.3 is 10.6 Å². The topological polar surface area (TPSA) is 54.0 Å². The van der Waals surface area contributed by atoms with Gasteiger partial charge in [0.15, 0.2) is 0 Å². The van der Waals surface area contributed by atoms with Crippen molar-refractivity contribution < 1.29 is 4.79 Å². The van der Waals surface area contributed by atoms with Crippen LogP contribution in [-0.4, -0.2) is 23.5 Å². The minimum absolute atomic E-state index is 0.0847. The molecule has 0 aromatic carbocycles. The highest BCUT2D eigenvalue weighted by molar-refractivity contribution is 9.11. The van der Waals surface area contributed by atoms with E-state index >= 15 is 0 Å². The highest BCUT2D eigenvalue weighted by Crippen LogP contribution is 2.22. The number of anilines is 1. The minimum atomic E-state index is -0.0847. The van der Waals surface area contributed by atoms with E-state index in [1.54, 1.807) is 12.1 Å². The predicted octanol–water partition coefficient (Wildman–Crippen LogP) is 2.54. The molecule has 6 heteroatoms. The molecular formula is C10H13Br2N3O. The van der Waals surface area contributed by atoms with E-state index in [1.165, 1.54) is 0 Å². The van der Waals surface area contributed by atoms with Crippen LogP contribution in [0.15, 0.2) is 21.3 Å². The Bertz CT molecular complexity index is 382. The van der Waals surface area contributed by atoms with Crippen molar-refractivity contribution in [3.8, 4) is 0 Å². The molecule has 0 bridgehead atoms. The summed E-state index contributed by atoms with van der Waals surface area (Å²) in [5.41, 5.74) is 0.666. The largest absolute Gasteiger partial charge is 0.323 e. The monoisotopic (exact) mass is 349 g/mol. The van der Waals surface area contributed by atoms with Gasteiger partial charge in [-0.3, -0.25) is 4.79 Å². The van der Waals surface area contributed by atoms with Crippen LogP contribution in [0.5, 0.6) is 0 Å². The zero-order valence-electron chi connectivity index (χ0n) is 9.05. The van der Waals surface area contributed by atoms with Crippen molar-refractivity contribution in [2.75, 3.05) is 11.9 Å². The van der Waals surface area contributed by atoms with Crippen LogP contribution in [0, 0.1) is 0 Å². The molecule has 0 atom stereocenters. The van der Waals surface area contributed by atoms with Gasteiger partial charge in [-0.15, -0.1) is 0 Å². The summed E-state index contributed by atoms with van der Waals surface area (Å²) in [5.74, 6) is -0.0847. The highest BCUT2D eigenvalue weighted by atomic mass is 79.9. The summed E-state index contributed by atoms with van der Waals surface area (Å²) in [4.78, 5) is 15.6. The van der Waals surface area contributed by atoms with Crippen LogP contribution in [0.1, 0.15) is 13.8 Å². The number of hydrogen-bond acceptors (Lipinski definition) is 3. The fourth-order valence-corrected chi connectivity index (χ4v) is 1.97. The van der Waals surface area contributed by atoms with Crippen molar-refractivity contribution in [3.63, 3.8) is 0 Å². The molecule has 0 spiro atoms. The third-order valence-electron chi connectivity index (χ3n) is 1.76. The molecule has 0 aliphatic rings. The number of amides is 1. The molecule has 0 aliphatic carbocycles. The van der Waals surface area contributed by atoms with Gasteiger partial charge in [-0.05, 0) is 44.0 Å². The number of nitrogens with one attached hydrogen (secondary N) is 2. The zero-order chi connectivity index (χ0) is 12.1. The molecule has 1 aromatic heterocycles. The summed E-state index contributed by atoms with van der Waals surface area (Å²) in [7, 11) is 0. The molecule has 0 saturated carbocycles. The third kappa shape index (κ3) is 4.59. The highest BCUT2D eigenvalue weighted by Gasteiger charge is 2.07. The predicted molar refractivity (Wildman–Crippen MR) is 71.4 cm³/mol. The van der Waals surface area contributed by atoms with E-state index < -0.39 is 0 Å². The first-order valence-corrected chi connectivity index (χ1v) is 6.43. The van der Waals surface area contributed by atoms with Gasteiger partial charge in [0.2, 0.25) is 5.91 Å². The second-order valence-electron chi connectivity index (χ2n) is 3.56. The summed E-state index contributed by atoms with van der Waals surface area (Å²) in [6.45, 7) is 4.27. The summed E-state index contributed by atoms with van der Waals surface area (Å²) < 4.78 is 1.33. The first-order chi connectivity index (χ1) is 7.49. The SMILES string of the molecule is CC(C)NCC(=O)Nc1ccc(Br)nc1Br. The van der Waals surface area contributed by atoms with Crippen LogP contribution in [-0.2, 0) is 4.79 Å². The van der Waals surface area contributed by atoms with Gasteiger partial charge in [0, 0.05) is 6.04 Å². The van der Waals surface area contributed by atoms with Gasteiger partial charge in [0.05, 0.1) is 12.2 Å². The van der Waals surface area contributed by atoms with Gasteiger partial charge >= 0.3 is 0 Å². The summed E-state index contributed by atoms with van der Waals surface area (Å²) in [5, 5.41) is 5.80. The first-order valence-electron chi connectivity index (χ1n) is 4.84. The lowest BCUT2D eigenvalue weighted by Gasteiger charge is -2.09. The van der Waals surface area contributed by atoms with Crippen molar-refractivity contribution in [1.29, 1.82) is 0 Å². The van der Waals surface area contributed by atoms with Crippen LogP contribution >= 0.6 is 31.9 Å². The smallest absolute Gasteiger partial charge is 0.238 e. The lowest BCUT2D eigenvalue weighted by atomic mass is 10.3. The Morgan fingerprint density at radius 3 is 2.69 bits per heavy atom. The van der Waals surface area contributed by atoms with Crippen LogP contribution in [0.2, 0.25) is 0 Å². The van der Waals surface area contributed by atoms with E-state index in [0.29, 0.717) is 16.8 Å². The number of nitrogens with zero attached hydrogens (tertiary/aromatic N) is 1. The molecule has 0 aliphatic heterocycles. The summed E-state index contributed by atoms with van der Waals surface area (Å²) in [6, 6.07) is 3.85. The third-order valence-corrected chi connectivity index (χ3v) is 2.81. The fourth-order valence-electron chi connectivity index (χ4n) is 0.997. The maximum absolute atomic E-state index is 11.5. The van der Waals surface area contributed by atoms with Crippen molar-refractivity contribution in [3.05, 3.63) is 21.3 Å². The van der Waals surface area contributed by atoms with E-state index in [9.17, 15) is 4.79 Å². The van der Waals surface area contributed by atoms with Gasteiger partial charge in [-0.2, -0.15) is 0 Å². The molecule has 1 amide bonds. The van der Waals surface area contributed by atoms with E-state index in [2.05, 4.69) is 47.5 Å². The number of rotatable bonds is 4. The van der Waals surface area contributed by atoms with Crippen LogP contribution in [0.25, 0.3) is 0 Å². The lowest BCUT2D eigenvalue weighted by molar-refractivity contribution is -0.115. The average Bonchev–Trinajstić information content (AvgIpc) is 2.19. The van der Waals surface area contributed by atoms with Crippen LogP contribution < -0.4 is 10.6 Å². The van der Waals surface area contributed by atoms with Gasteiger partial charge in [0.1, 0.15) is 9.21 Å². The molecule has 88 valence electrons. The van der Waals surface area contributed by atoms with Gasteiger partial charge in [0.25, 0.3) is 0 Å². The standard InChI is InChI=1S/C10H13Br2N3O/c1-6(2)13-5-9(16)14-7-3-4-8(11)15-10(7)12/h3-4,6,13H,5H2,1-2H3,(H,14,16). The number of carbonyl (C=O) groups is 1. The zero-order valence-corrected chi connectivity index (χ0v) is 12.2. The van der Waals surface area contributed by atoms with E-state index in [0.717, 1.165) is 4.60 Å². The Kier molecular flexibility index (Phi) is 5.37. The van der Waals surface area contributed by atoms with Crippen molar-refractivity contribution in [1.82, 2.24) is 10.3 Å². The Hall–Kier alpha value is -0.460. The first kappa shape index (κ1) is 13.6. The molecule has 0 saturated heterocycles. The second-order valence-corrected chi connectivity index (χ2v) is 5.12. The molecule has 1 heterocycles. The Morgan fingerprint density at radius 1 is 1.44 bits per heavy atom. The molecule has 0 fully saturated rings. The number of hydrogen-bond donors (Lipinski definition) is 2. The number of aromatic nitrogens is 1. The van der Waals surface area contributed by atoms with Crippen molar-refractivity contribution in [2.24, 2.45) is 0 Å². The Labute approximate surface area is 111 Å². The van der Waals surface area contributed by atoms with E-state index in [-0.39, 0.29) is 11.9 Å². The number of carbonyl (C=O) groups excluding carboxylic acids is 1. The van der Waals surface area contributed by atoms with E-state index in [4.69, 9.17) is 0 Å². The van der Waals surface area contributed by atoms with Gasteiger partial charge in [-0.25, -0.2) is 4.98 Å². The lowest BCUT2D eigenvalue weighted by Crippen LogP contribution is -2.32. The van der Waals surface area contributed by atoms with Crippen LogP contribution in [0.4, 0.5) is 5.69 Å². The normalized spacial score (nSPS) is 10.6. The molecule has 2 N–H and O–H groups in total. The molecular weight excluding hydrogens is 338 g/mol. The molecule has 1 rings (SSSR count). The maximum atomic E-state index is 11.5. The average molecular weight is 351 g/mol. The number of halogens is 2. The maximum Gasteiger partial charge on any atom is 0.238 e. The number of pyridine rings is 1. The Balaban J connectivity index is 2.56. The van der Waals surface area contributed by atoms with Crippen molar-refractivity contribution in [2.45, 2.75) is 19.9 Å². The molecule has 0 radical (unpaired) electrons. The van der Waals surface area contributed by atoms with Gasteiger partial charge in [-0.1, -0.05) is 13.8 Å². The quantitative estimate of drug-likeness (QED) is 0.820. The summed E-state index contributed by atoms with van der Waals surface area (Å²) >= 11 is 6.53. The Morgan fingerprint density at radius 2 is 2.12 bits per heavy atom. The van der Waals surface area contributed by atoms with E-state index in [1.807, 2.05) is 13.8 Å². The molecule has 16 heavy (non-hydrogen) atoms. The molecule has 1 aromatic rings. The minimum Gasteiger partial charge on any atom is -0.323 e. The van der Waals surface area contributed by atoms with Crippen molar-refractivity contribution >= 4 is 43.5 Å².